The predicted molar refractivity (Wildman–Crippen MR) is 100 cm³/mol. The van der Waals surface area contributed by atoms with Crippen LogP contribution in [0.2, 0.25) is 0 Å². The molecule has 0 unspecified atom stereocenters. The molecule has 1 N–H and O–H groups in total. The predicted octanol–water partition coefficient (Wildman–Crippen LogP) is 5.10. The fourth-order valence-electron chi connectivity index (χ4n) is 2.34. The molecule has 24 heavy (non-hydrogen) atoms. The lowest BCUT2D eigenvalue weighted by molar-refractivity contribution is 0.285. The zero-order valence-electron chi connectivity index (χ0n) is 14.5. The number of hydrogen-bond acceptors (Lipinski definition) is 4. The zero-order valence-corrected chi connectivity index (χ0v) is 14.5. The Morgan fingerprint density at radius 1 is 1.00 bits per heavy atom. The lowest BCUT2D eigenvalue weighted by atomic mass is 10.2. The van der Waals surface area contributed by atoms with Gasteiger partial charge < -0.3 is 9.47 Å². The van der Waals surface area contributed by atoms with Gasteiger partial charge in [-0.25, -0.2) is 0 Å². The van der Waals surface area contributed by atoms with Crippen LogP contribution in [0.3, 0.4) is 0 Å². The van der Waals surface area contributed by atoms with E-state index >= 15 is 0 Å². The topological polar surface area (TPSA) is 42.8 Å². The number of unbranched alkanes of at least 4 members (excludes halogenated alkanes) is 3. The number of nitrogens with one attached hydrogen (secondary N) is 1. The summed E-state index contributed by atoms with van der Waals surface area (Å²) in [6, 6.07) is 15.7. The Labute approximate surface area is 144 Å². The van der Waals surface area contributed by atoms with Crippen LogP contribution in [0.4, 0.5) is 5.69 Å². The SMILES string of the molecule is CCCCCCOc1c(C=NNc2ccccc2)cccc1OC. The molecule has 128 valence electrons. The first-order chi connectivity index (χ1) is 11.8. The molecule has 0 fully saturated rings. The normalized spacial score (nSPS) is 10.8. The van der Waals surface area contributed by atoms with Gasteiger partial charge in [0.2, 0.25) is 0 Å². The minimum absolute atomic E-state index is 0.688. The Bertz CT molecular complexity index is 627. The number of anilines is 1. The largest absolute Gasteiger partial charge is 0.493 e. The molecule has 2 aromatic carbocycles. The Morgan fingerprint density at radius 3 is 2.58 bits per heavy atom. The van der Waals surface area contributed by atoms with Crippen LogP contribution in [0.5, 0.6) is 11.5 Å². The quantitative estimate of drug-likeness (QED) is 0.375. The fraction of sp³-hybridized carbons (Fsp3) is 0.350. The highest BCUT2D eigenvalue weighted by Gasteiger charge is 2.09. The maximum atomic E-state index is 5.96. The third-order valence-electron chi connectivity index (χ3n) is 3.64. The van der Waals surface area contributed by atoms with Gasteiger partial charge in [0.1, 0.15) is 0 Å². The van der Waals surface area contributed by atoms with Crippen LogP contribution in [0, 0.1) is 0 Å². The first-order valence-corrected chi connectivity index (χ1v) is 8.49. The van der Waals surface area contributed by atoms with E-state index in [4.69, 9.17) is 9.47 Å². The third-order valence-corrected chi connectivity index (χ3v) is 3.64. The number of para-hydroxylation sites is 2. The number of methoxy groups -OCH3 is 1. The highest BCUT2D eigenvalue weighted by Crippen LogP contribution is 2.30. The molecule has 2 rings (SSSR count). The minimum Gasteiger partial charge on any atom is -0.493 e. The summed E-state index contributed by atoms with van der Waals surface area (Å²) >= 11 is 0. The fourth-order valence-corrected chi connectivity index (χ4v) is 2.34. The molecule has 0 bridgehead atoms. The van der Waals surface area contributed by atoms with Crippen molar-refractivity contribution in [2.75, 3.05) is 19.1 Å². The lowest BCUT2D eigenvalue weighted by Gasteiger charge is -2.13. The Hall–Kier alpha value is -2.49. The number of hydrogen-bond donors (Lipinski definition) is 1. The van der Waals surface area contributed by atoms with Crippen molar-refractivity contribution >= 4 is 11.9 Å². The van der Waals surface area contributed by atoms with Crippen LogP contribution in [0.1, 0.15) is 38.2 Å². The minimum atomic E-state index is 0.688. The summed E-state index contributed by atoms with van der Waals surface area (Å²) in [7, 11) is 1.66. The van der Waals surface area contributed by atoms with Crippen molar-refractivity contribution < 1.29 is 9.47 Å². The lowest BCUT2D eigenvalue weighted by Crippen LogP contribution is -2.03. The van der Waals surface area contributed by atoms with Crippen molar-refractivity contribution in [1.29, 1.82) is 0 Å². The van der Waals surface area contributed by atoms with Crippen LogP contribution in [0.15, 0.2) is 53.6 Å². The smallest absolute Gasteiger partial charge is 0.169 e. The molecule has 0 atom stereocenters. The van der Waals surface area contributed by atoms with Gasteiger partial charge in [0.25, 0.3) is 0 Å². The molecule has 0 spiro atoms. The summed E-state index contributed by atoms with van der Waals surface area (Å²) in [5.41, 5.74) is 4.85. The van der Waals surface area contributed by atoms with E-state index in [1.165, 1.54) is 19.3 Å². The second-order valence-corrected chi connectivity index (χ2v) is 5.52. The second kappa shape index (κ2) is 10.3. The van der Waals surface area contributed by atoms with Gasteiger partial charge in [0.05, 0.1) is 25.6 Å². The number of rotatable bonds is 10. The molecule has 0 heterocycles. The number of benzene rings is 2. The molecule has 0 aliphatic heterocycles. The van der Waals surface area contributed by atoms with Crippen molar-refractivity contribution in [3.8, 4) is 11.5 Å². The van der Waals surface area contributed by atoms with Crippen LogP contribution in [-0.2, 0) is 0 Å². The summed E-state index contributed by atoms with van der Waals surface area (Å²) in [5.74, 6) is 1.48. The first-order valence-electron chi connectivity index (χ1n) is 8.49. The molecule has 0 amide bonds. The molecular formula is C20H26N2O2. The van der Waals surface area contributed by atoms with Gasteiger partial charge in [-0.05, 0) is 30.7 Å². The van der Waals surface area contributed by atoms with Crippen molar-refractivity contribution in [1.82, 2.24) is 0 Å². The third kappa shape index (κ3) is 5.61. The summed E-state index contributed by atoms with van der Waals surface area (Å²) in [6.07, 6.45) is 6.45. The van der Waals surface area contributed by atoms with E-state index < -0.39 is 0 Å². The average molecular weight is 326 g/mol. The number of nitrogens with zero attached hydrogens (tertiary/aromatic N) is 1. The van der Waals surface area contributed by atoms with E-state index in [9.17, 15) is 0 Å². The molecule has 0 radical (unpaired) electrons. The van der Waals surface area contributed by atoms with Crippen LogP contribution in [0.25, 0.3) is 0 Å². The van der Waals surface area contributed by atoms with Crippen molar-refractivity contribution in [3.05, 3.63) is 54.1 Å². The standard InChI is InChI=1S/C20H26N2O2/c1-3-4-5-9-15-24-20-17(11-10-14-19(20)23-2)16-21-22-18-12-7-6-8-13-18/h6-8,10-14,16,22H,3-5,9,15H2,1-2H3. The highest BCUT2D eigenvalue weighted by atomic mass is 16.5. The van der Waals surface area contributed by atoms with Gasteiger partial charge in [-0.15, -0.1) is 0 Å². The van der Waals surface area contributed by atoms with E-state index in [1.807, 2.05) is 48.5 Å². The number of ether oxygens (including phenoxy) is 2. The van der Waals surface area contributed by atoms with Crippen molar-refractivity contribution in [2.24, 2.45) is 5.10 Å². The van der Waals surface area contributed by atoms with Crippen LogP contribution < -0.4 is 14.9 Å². The Morgan fingerprint density at radius 2 is 1.83 bits per heavy atom. The molecule has 0 aliphatic carbocycles. The Balaban J connectivity index is 2.02. The van der Waals surface area contributed by atoms with Gasteiger partial charge in [0.15, 0.2) is 11.5 Å². The average Bonchev–Trinajstić information content (AvgIpc) is 2.63. The van der Waals surface area contributed by atoms with Gasteiger partial charge in [0, 0.05) is 5.56 Å². The monoisotopic (exact) mass is 326 g/mol. The van der Waals surface area contributed by atoms with Gasteiger partial charge >= 0.3 is 0 Å². The summed E-state index contributed by atoms with van der Waals surface area (Å²) in [4.78, 5) is 0. The molecule has 4 nitrogen and oxygen atoms in total. The van der Waals surface area contributed by atoms with Gasteiger partial charge in [-0.3, -0.25) is 5.43 Å². The van der Waals surface area contributed by atoms with Crippen molar-refractivity contribution in [2.45, 2.75) is 32.6 Å². The first kappa shape index (κ1) is 17.9. The molecule has 4 heteroatoms. The van der Waals surface area contributed by atoms with E-state index in [-0.39, 0.29) is 0 Å². The summed E-state index contributed by atoms with van der Waals surface area (Å²) in [5, 5.41) is 4.30. The van der Waals surface area contributed by atoms with Crippen molar-refractivity contribution in [3.63, 3.8) is 0 Å². The maximum Gasteiger partial charge on any atom is 0.169 e. The molecule has 0 aromatic heterocycles. The molecule has 0 saturated carbocycles. The van der Waals surface area contributed by atoms with E-state index in [1.54, 1.807) is 13.3 Å². The number of hydrazone groups is 1. The maximum absolute atomic E-state index is 5.96. The van der Waals surface area contributed by atoms with E-state index in [2.05, 4.69) is 17.5 Å². The highest BCUT2D eigenvalue weighted by molar-refractivity contribution is 5.85. The molecule has 2 aromatic rings. The van der Waals surface area contributed by atoms with Gasteiger partial charge in [-0.2, -0.15) is 5.10 Å². The van der Waals surface area contributed by atoms with E-state index in [0.29, 0.717) is 6.61 Å². The van der Waals surface area contributed by atoms with Gasteiger partial charge in [-0.1, -0.05) is 50.5 Å². The second-order valence-electron chi connectivity index (χ2n) is 5.52. The molecule has 0 aliphatic rings. The summed E-state index contributed by atoms with van der Waals surface area (Å²) in [6.45, 7) is 2.89. The van der Waals surface area contributed by atoms with Crippen LogP contribution in [-0.4, -0.2) is 19.9 Å². The zero-order chi connectivity index (χ0) is 17.0. The molecule has 0 saturated heterocycles. The molecular weight excluding hydrogens is 300 g/mol. The van der Waals surface area contributed by atoms with Crippen LogP contribution >= 0.6 is 0 Å². The summed E-state index contributed by atoms with van der Waals surface area (Å²) < 4.78 is 11.4. The van der Waals surface area contributed by atoms with E-state index in [0.717, 1.165) is 29.2 Å². The Kier molecular flexibility index (Phi) is 7.68.